The third-order valence-electron chi connectivity index (χ3n) is 3.33. The summed E-state index contributed by atoms with van der Waals surface area (Å²) >= 11 is 0. The molecule has 0 atom stereocenters. The molecule has 0 fully saturated rings. The van der Waals surface area contributed by atoms with Gasteiger partial charge in [0.05, 0.1) is 17.5 Å². The molecule has 0 amide bonds. The van der Waals surface area contributed by atoms with E-state index in [4.69, 9.17) is 9.15 Å². The first kappa shape index (κ1) is 15.5. The topological polar surface area (TPSA) is 52.3 Å². The van der Waals surface area contributed by atoms with Crippen LogP contribution in [0.3, 0.4) is 0 Å². The van der Waals surface area contributed by atoms with Crippen molar-refractivity contribution < 1.29 is 9.15 Å². The van der Waals surface area contributed by atoms with Crippen LogP contribution >= 0.6 is 0 Å². The quantitative estimate of drug-likeness (QED) is 0.724. The van der Waals surface area contributed by atoms with Crippen LogP contribution in [0, 0.1) is 5.92 Å². The molecule has 0 aliphatic carbocycles. The van der Waals surface area contributed by atoms with Crippen LogP contribution in [0.5, 0.6) is 6.08 Å². The Balaban J connectivity index is 2.28. The van der Waals surface area contributed by atoms with Crippen LogP contribution in [0.15, 0.2) is 27.4 Å². The summed E-state index contributed by atoms with van der Waals surface area (Å²) in [6.07, 6.45) is 4.06. The number of hydrogen-bond acceptors (Lipinski definition) is 4. The van der Waals surface area contributed by atoms with Gasteiger partial charge in [-0.3, -0.25) is 0 Å². The van der Waals surface area contributed by atoms with Gasteiger partial charge in [-0.2, -0.15) is 4.98 Å². The van der Waals surface area contributed by atoms with E-state index in [1.165, 1.54) is 0 Å². The van der Waals surface area contributed by atoms with Gasteiger partial charge >= 0.3 is 11.7 Å². The van der Waals surface area contributed by atoms with Crippen molar-refractivity contribution >= 4 is 10.9 Å². The molecular formula is C17H23NO3. The Labute approximate surface area is 125 Å². The lowest BCUT2D eigenvalue weighted by molar-refractivity contribution is 0.212. The second-order valence-corrected chi connectivity index (χ2v) is 5.73. The Morgan fingerprint density at radius 2 is 2.10 bits per heavy atom. The number of aromatic nitrogens is 1. The van der Waals surface area contributed by atoms with Gasteiger partial charge in [0.1, 0.15) is 0 Å². The Morgan fingerprint density at radius 1 is 1.29 bits per heavy atom. The molecule has 1 heterocycles. The molecule has 1 aromatic heterocycles. The van der Waals surface area contributed by atoms with Crippen LogP contribution in [0.2, 0.25) is 0 Å². The molecule has 21 heavy (non-hydrogen) atoms. The number of benzene rings is 1. The fourth-order valence-electron chi connectivity index (χ4n) is 2.35. The monoisotopic (exact) mass is 289 g/mol. The summed E-state index contributed by atoms with van der Waals surface area (Å²) in [5, 5.41) is 0.576. The smallest absolute Gasteiger partial charge is 0.397 e. The zero-order valence-corrected chi connectivity index (χ0v) is 13.0. The average molecular weight is 289 g/mol. The summed E-state index contributed by atoms with van der Waals surface area (Å²) < 4.78 is 10.6. The van der Waals surface area contributed by atoms with Gasteiger partial charge in [-0.25, -0.2) is 4.79 Å². The highest BCUT2D eigenvalue weighted by Gasteiger charge is 2.12. The van der Waals surface area contributed by atoms with E-state index in [1.807, 2.05) is 18.2 Å². The second kappa shape index (κ2) is 7.25. The van der Waals surface area contributed by atoms with Crippen molar-refractivity contribution in [3.63, 3.8) is 0 Å². The number of rotatable bonds is 7. The predicted octanol–water partition coefficient (Wildman–Crippen LogP) is 3.96. The lowest BCUT2D eigenvalue weighted by Crippen LogP contribution is -2.09. The van der Waals surface area contributed by atoms with Crippen LogP contribution in [0.4, 0.5) is 0 Å². The molecule has 0 radical (unpaired) electrons. The molecule has 0 saturated carbocycles. The first-order valence-electron chi connectivity index (χ1n) is 7.67. The predicted molar refractivity (Wildman–Crippen MR) is 83.8 cm³/mol. The number of unbranched alkanes of at least 4 members (excludes halogenated alkanes) is 2. The van der Waals surface area contributed by atoms with Crippen molar-refractivity contribution in [3.8, 4) is 6.08 Å². The molecule has 0 aliphatic heterocycles. The SMILES string of the molecule is CCCCCOc1nc2cccc(CC(C)C)c2c(=O)o1. The molecule has 0 bridgehead atoms. The summed E-state index contributed by atoms with van der Waals surface area (Å²) in [4.78, 5) is 16.5. The Bertz CT molecular complexity index is 646. The minimum atomic E-state index is -0.359. The Hall–Kier alpha value is -1.84. The van der Waals surface area contributed by atoms with Gasteiger partial charge in [0, 0.05) is 0 Å². The fraction of sp³-hybridized carbons (Fsp3) is 0.529. The number of ether oxygens (including phenoxy) is 1. The standard InChI is InChI=1S/C17H23NO3/c1-4-5-6-10-20-17-18-14-9-7-8-13(11-12(2)3)15(14)16(19)21-17/h7-9,12H,4-6,10-11H2,1-3H3. The van der Waals surface area contributed by atoms with Crippen LogP contribution in [-0.2, 0) is 6.42 Å². The van der Waals surface area contributed by atoms with Crippen molar-refractivity contribution in [3.05, 3.63) is 34.2 Å². The van der Waals surface area contributed by atoms with E-state index in [0.717, 1.165) is 31.2 Å². The van der Waals surface area contributed by atoms with E-state index in [1.54, 1.807) is 0 Å². The second-order valence-electron chi connectivity index (χ2n) is 5.73. The number of hydrogen-bond donors (Lipinski definition) is 0. The molecule has 0 unspecified atom stereocenters. The van der Waals surface area contributed by atoms with Gasteiger partial charge in [0.2, 0.25) is 0 Å². The van der Waals surface area contributed by atoms with Crippen molar-refractivity contribution in [2.75, 3.05) is 6.61 Å². The van der Waals surface area contributed by atoms with Crippen molar-refractivity contribution in [2.24, 2.45) is 5.92 Å². The van der Waals surface area contributed by atoms with Gasteiger partial charge in [0.15, 0.2) is 0 Å². The molecule has 2 rings (SSSR count). The van der Waals surface area contributed by atoms with Gasteiger partial charge in [-0.05, 0) is 30.4 Å². The maximum atomic E-state index is 12.2. The van der Waals surface area contributed by atoms with E-state index >= 15 is 0 Å². The zero-order valence-electron chi connectivity index (χ0n) is 13.0. The first-order chi connectivity index (χ1) is 10.1. The highest BCUT2D eigenvalue weighted by Crippen LogP contribution is 2.19. The maximum Gasteiger partial charge on any atom is 0.397 e. The van der Waals surface area contributed by atoms with Crippen LogP contribution in [-0.4, -0.2) is 11.6 Å². The zero-order chi connectivity index (χ0) is 15.2. The van der Waals surface area contributed by atoms with Crippen molar-refractivity contribution in [1.29, 1.82) is 0 Å². The lowest BCUT2D eigenvalue weighted by atomic mass is 10.00. The maximum absolute atomic E-state index is 12.2. The average Bonchev–Trinajstić information content (AvgIpc) is 2.43. The summed E-state index contributed by atoms with van der Waals surface area (Å²) in [7, 11) is 0. The minimum Gasteiger partial charge on any atom is -0.450 e. The number of fused-ring (bicyclic) bond motifs is 1. The van der Waals surface area contributed by atoms with Crippen LogP contribution < -0.4 is 10.4 Å². The summed E-state index contributed by atoms with van der Waals surface area (Å²) in [6, 6.07) is 5.71. The van der Waals surface area contributed by atoms with E-state index < -0.39 is 0 Å². The molecule has 114 valence electrons. The van der Waals surface area contributed by atoms with Gasteiger partial charge in [0.25, 0.3) is 0 Å². The third kappa shape index (κ3) is 4.06. The Kier molecular flexibility index (Phi) is 5.37. The van der Waals surface area contributed by atoms with Crippen LogP contribution in [0.1, 0.15) is 45.6 Å². The van der Waals surface area contributed by atoms with Crippen molar-refractivity contribution in [2.45, 2.75) is 46.5 Å². The highest BCUT2D eigenvalue weighted by molar-refractivity contribution is 5.81. The molecule has 4 nitrogen and oxygen atoms in total. The Morgan fingerprint density at radius 3 is 2.81 bits per heavy atom. The van der Waals surface area contributed by atoms with Gasteiger partial charge in [-0.1, -0.05) is 45.7 Å². The first-order valence-corrected chi connectivity index (χ1v) is 7.67. The van der Waals surface area contributed by atoms with E-state index in [-0.39, 0.29) is 11.7 Å². The minimum absolute atomic E-state index is 0.0744. The lowest BCUT2D eigenvalue weighted by Gasteiger charge is -2.08. The third-order valence-corrected chi connectivity index (χ3v) is 3.33. The van der Waals surface area contributed by atoms with E-state index in [2.05, 4.69) is 25.8 Å². The molecular weight excluding hydrogens is 266 g/mol. The molecule has 4 heteroatoms. The molecule has 1 aromatic carbocycles. The van der Waals surface area contributed by atoms with E-state index in [9.17, 15) is 4.79 Å². The largest absolute Gasteiger partial charge is 0.450 e. The molecule has 2 aromatic rings. The van der Waals surface area contributed by atoms with Crippen molar-refractivity contribution in [1.82, 2.24) is 4.98 Å². The number of nitrogens with zero attached hydrogens (tertiary/aromatic N) is 1. The summed E-state index contributed by atoms with van der Waals surface area (Å²) in [5.74, 6) is 0.472. The summed E-state index contributed by atoms with van der Waals surface area (Å²) in [6.45, 7) is 6.91. The normalized spacial score (nSPS) is 11.2. The highest BCUT2D eigenvalue weighted by atomic mass is 16.6. The van der Waals surface area contributed by atoms with Crippen LogP contribution in [0.25, 0.3) is 10.9 Å². The fourth-order valence-corrected chi connectivity index (χ4v) is 2.35. The molecule has 0 N–H and O–H groups in total. The molecule has 0 saturated heterocycles. The summed E-state index contributed by atoms with van der Waals surface area (Å²) in [5.41, 5.74) is 1.28. The molecule has 0 spiro atoms. The van der Waals surface area contributed by atoms with Gasteiger partial charge in [-0.15, -0.1) is 0 Å². The van der Waals surface area contributed by atoms with E-state index in [0.29, 0.717) is 23.4 Å². The van der Waals surface area contributed by atoms with Gasteiger partial charge < -0.3 is 9.15 Å². The molecule has 0 aliphatic rings.